The first-order chi connectivity index (χ1) is 14.4. The van der Waals surface area contributed by atoms with E-state index in [9.17, 15) is 24.3 Å². The highest BCUT2D eigenvalue weighted by Gasteiger charge is 2.45. The summed E-state index contributed by atoms with van der Waals surface area (Å²) in [6.07, 6.45) is 3.36. The van der Waals surface area contributed by atoms with Gasteiger partial charge in [-0.05, 0) is 44.0 Å². The van der Waals surface area contributed by atoms with Crippen LogP contribution in [0.4, 0.5) is 5.69 Å². The Hall–Kier alpha value is -2.78. The molecule has 1 aromatic rings. The molecule has 2 amide bonds. The number of piperidine rings is 1. The number of nitrogens with zero attached hydrogens (tertiary/aromatic N) is 2. The third kappa shape index (κ3) is 4.22. The molecule has 2 atom stereocenters. The molecule has 1 aromatic carbocycles. The van der Waals surface area contributed by atoms with E-state index in [-0.39, 0.29) is 35.9 Å². The van der Waals surface area contributed by atoms with Crippen LogP contribution in [0.25, 0.3) is 0 Å². The molecule has 3 rings (SSSR count). The van der Waals surface area contributed by atoms with Crippen molar-refractivity contribution in [2.24, 2.45) is 0 Å². The average Bonchev–Trinajstić information content (AvgIpc) is 3.06. The number of hydrogen-bond acceptors (Lipinski definition) is 8. The minimum atomic E-state index is -0.698. The highest BCUT2D eigenvalue weighted by atomic mass is 16.5. The minimum absolute atomic E-state index is 0.0107. The molecular formula is C21H26N2O7. The number of aliphatic hydroxyl groups is 1. The molecule has 1 N–H and O–H groups in total. The number of hydrogen-bond donors (Lipinski definition) is 1. The highest BCUT2D eigenvalue weighted by Crippen LogP contribution is 2.32. The molecule has 0 saturated carbocycles. The predicted octanol–water partition coefficient (Wildman–Crippen LogP) is 1.13. The summed E-state index contributed by atoms with van der Waals surface area (Å²) in [5.41, 5.74) is 0.206. The van der Waals surface area contributed by atoms with Gasteiger partial charge in [-0.2, -0.15) is 0 Å². The number of benzene rings is 1. The first-order valence-corrected chi connectivity index (χ1v) is 9.96. The number of carbonyl (C=O) groups excluding carboxylic acids is 4. The summed E-state index contributed by atoms with van der Waals surface area (Å²) in [7, 11) is 2.40. The smallest absolute Gasteiger partial charge is 0.337 e. The summed E-state index contributed by atoms with van der Waals surface area (Å²) >= 11 is 0. The van der Waals surface area contributed by atoms with E-state index in [0.717, 1.165) is 24.2 Å². The molecule has 2 aliphatic heterocycles. The highest BCUT2D eigenvalue weighted by molar-refractivity contribution is 6.23. The van der Waals surface area contributed by atoms with Crippen LogP contribution in [-0.4, -0.2) is 73.2 Å². The van der Waals surface area contributed by atoms with Gasteiger partial charge in [-0.25, -0.2) is 14.5 Å². The summed E-state index contributed by atoms with van der Waals surface area (Å²) in [6.45, 7) is 0.696. The number of likely N-dealkylation sites (tertiary alicyclic amines) is 1. The molecule has 30 heavy (non-hydrogen) atoms. The number of methoxy groups -OCH3 is 2. The van der Waals surface area contributed by atoms with Gasteiger partial charge in [0.05, 0.1) is 43.5 Å². The first-order valence-electron chi connectivity index (χ1n) is 9.96. The number of carbonyl (C=O) groups is 4. The van der Waals surface area contributed by atoms with Crippen LogP contribution in [-0.2, 0) is 19.1 Å². The van der Waals surface area contributed by atoms with Crippen molar-refractivity contribution in [1.82, 2.24) is 4.90 Å². The van der Waals surface area contributed by atoms with E-state index < -0.39 is 29.8 Å². The van der Waals surface area contributed by atoms with Gasteiger partial charge in [-0.3, -0.25) is 14.5 Å². The lowest BCUT2D eigenvalue weighted by Crippen LogP contribution is -2.50. The third-order valence-corrected chi connectivity index (χ3v) is 5.68. The molecule has 9 heteroatoms. The zero-order valence-electron chi connectivity index (χ0n) is 17.1. The van der Waals surface area contributed by atoms with Crippen molar-refractivity contribution in [3.63, 3.8) is 0 Å². The van der Waals surface area contributed by atoms with Gasteiger partial charge in [0.2, 0.25) is 5.91 Å². The van der Waals surface area contributed by atoms with Crippen LogP contribution in [0.15, 0.2) is 18.2 Å². The van der Waals surface area contributed by atoms with E-state index in [1.54, 1.807) is 0 Å². The topological polar surface area (TPSA) is 113 Å². The summed E-state index contributed by atoms with van der Waals surface area (Å²) in [5, 5.41) is 9.36. The van der Waals surface area contributed by atoms with Crippen LogP contribution in [0.5, 0.6) is 0 Å². The van der Waals surface area contributed by atoms with Crippen LogP contribution in [0, 0.1) is 0 Å². The van der Waals surface area contributed by atoms with E-state index in [4.69, 9.17) is 9.47 Å². The maximum Gasteiger partial charge on any atom is 0.337 e. The molecule has 0 radical (unpaired) electrons. The van der Waals surface area contributed by atoms with Crippen LogP contribution < -0.4 is 4.90 Å². The van der Waals surface area contributed by atoms with Crippen molar-refractivity contribution in [2.45, 2.75) is 44.2 Å². The lowest BCUT2D eigenvalue weighted by molar-refractivity contribution is -0.124. The average molecular weight is 418 g/mol. The molecule has 2 saturated heterocycles. The first kappa shape index (κ1) is 21.9. The van der Waals surface area contributed by atoms with Crippen LogP contribution >= 0.6 is 0 Å². The van der Waals surface area contributed by atoms with E-state index in [2.05, 4.69) is 0 Å². The Bertz CT molecular complexity index is 818. The van der Waals surface area contributed by atoms with E-state index in [1.165, 1.54) is 32.4 Å². The quantitative estimate of drug-likeness (QED) is 0.540. The summed E-state index contributed by atoms with van der Waals surface area (Å²) in [5.74, 6) is -2.20. The van der Waals surface area contributed by atoms with E-state index in [1.807, 2.05) is 4.90 Å². The van der Waals surface area contributed by atoms with Gasteiger partial charge >= 0.3 is 11.9 Å². The van der Waals surface area contributed by atoms with Gasteiger partial charge in [-0.1, -0.05) is 6.42 Å². The molecule has 0 aromatic heterocycles. The number of imide groups is 1. The largest absolute Gasteiger partial charge is 0.465 e. The molecule has 0 aliphatic carbocycles. The van der Waals surface area contributed by atoms with Gasteiger partial charge in [0.15, 0.2) is 0 Å². The molecule has 0 bridgehead atoms. The maximum absolute atomic E-state index is 13.2. The third-order valence-electron chi connectivity index (χ3n) is 5.68. The lowest BCUT2D eigenvalue weighted by Gasteiger charge is -2.38. The van der Waals surface area contributed by atoms with Crippen molar-refractivity contribution >= 4 is 29.4 Å². The molecule has 162 valence electrons. The second-order valence-electron chi connectivity index (χ2n) is 7.44. The number of amides is 2. The lowest BCUT2D eigenvalue weighted by atomic mass is 9.97. The molecule has 0 spiro atoms. The van der Waals surface area contributed by atoms with Crippen LogP contribution in [0.1, 0.15) is 52.8 Å². The SMILES string of the molecule is COC(=O)c1cc(C(=O)OC)cc(N2C(=O)C[C@@H](N3CCCC[C@H]3CCO)C2=O)c1. The monoisotopic (exact) mass is 418 g/mol. The zero-order valence-corrected chi connectivity index (χ0v) is 17.1. The molecule has 2 heterocycles. The Morgan fingerprint density at radius 2 is 1.70 bits per heavy atom. The minimum Gasteiger partial charge on any atom is -0.465 e. The maximum atomic E-state index is 13.2. The summed E-state index contributed by atoms with van der Waals surface area (Å²) < 4.78 is 9.44. The number of esters is 2. The van der Waals surface area contributed by atoms with Crippen LogP contribution in [0.2, 0.25) is 0 Å². The number of ether oxygens (including phenoxy) is 2. The predicted molar refractivity (Wildman–Crippen MR) is 106 cm³/mol. The Kier molecular flexibility index (Phi) is 6.84. The molecular weight excluding hydrogens is 392 g/mol. The van der Waals surface area contributed by atoms with Crippen molar-refractivity contribution in [1.29, 1.82) is 0 Å². The normalized spacial score (nSPS) is 22.3. The Labute approximate surface area is 174 Å². The Morgan fingerprint density at radius 1 is 1.07 bits per heavy atom. The standard InChI is InChI=1S/C21H26N2O7/c1-29-20(27)13-9-14(21(28)30-2)11-16(10-13)23-18(25)12-17(19(23)26)22-7-4-3-5-15(22)6-8-24/h9-11,15,17,24H,3-8,12H2,1-2H3/t15-,17+/m0/s1. The zero-order chi connectivity index (χ0) is 21.8. The van der Waals surface area contributed by atoms with Gasteiger partial charge in [0.25, 0.3) is 5.91 Å². The molecule has 9 nitrogen and oxygen atoms in total. The fourth-order valence-electron chi connectivity index (χ4n) is 4.25. The molecule has 2 fully saturated rings. The fraction of sp³-hybridized carbons (Fsp3) is 0.524. The number of rotatable bonds is 6. The summed E-state index contributed by atoms with van der Waals surface area (Å²) in [6, 6.07) is 3.43. The number of anilines is 1. The number of aliphatic hydroxyl groups excluding tert-OH is 1. The second-order valence-corrected chi connectivity index (χ2v) is 7.44. The second kappa shape index (κ2) is 9.36. The van der Waals surface area contributed by atoms with Gasteiger partial charge in [-0.15, -0.1) is 0 Å². The van der Waals surface area contributed by atoms with Crippen molar-refractivity contribution < 1.29 is 33.8 Å². The van der Waals surface area contributed by atoms with Crippen molar-refractivity contribution in [3.8, 4) is 0 Å². The van der Waals surface area contributed by atoms with Crippen LogP contribution in [0.3, 0.4) is 0 Å². The molecule has 0 unspecified atom stereocenters. The fourth-order valence-corrected chi connectivity index (χ4v) is 4.25. The van der Waals surface area contributed by atoms with Crippen molar-refractivity contribution in [2.75, 3.05) is 32.3 Å². The van der Waals surface area contributed by atoms with E-state index in [0.29, 0.717) is 13.0 Å². The Morgan fingerprint density at radius 3 is 2.27 bits per heavy atom. The van der Waals surface area contributed by atoms with E-state index >= 15 is 0 Å². The molecule has 2 aliphatic rings. The Balaban J connectivity index is 1.95. The summed E-state index contributed by atoms with van der Waals surface area (Å²) in [4.78, 5) is 53.1. The van der Waals surface area contributed by atoms with Gasteiger partial charge < -0.3 is 14.6 Å². The van der Waals surface area contributed by atoms with Crippen molar-refractivity contribution in [3.05, 3.63) is 29.3 Å². The van der Waals surface area contributed by atoms with Gasteiger partial charge in [0, 0.05) is 12.6 Å². The van der Waals surface area contributed by atoms with Gasteiger partial charge in [0.1, 0.15) is 0 Å².